The molecule has 3 aromatic heterocycles. The van der Waals surface area contributed by atoms with Crippen LogP contribution in [0.5, 0.6) is 0 Å². The number of rotatable bonds is 6. The van der Waals surface area contributed by atoms with Crippen molar-refractivity contribution >= 4 is 17.9 Å². The summed E-state index contributed by atoms with van der Waals surface area (Å²) in [6.45, 7) is 0.196. The first kappa shape index (κ1) is 19.8. The van der Waals surface area contributed by atoms with Gasteiger partial charge in [0.05, 0.1) is 24.2 Å². The van der Waals surface area contributed by atoms with Crippen LogP contribution < -0.4 is 11.1 Å². The zero-order chi connectivity index (χ0) is 20.8. The summed E-state index contributed by atoms with van der Waals surface area (Å²) >= 11 is 0. The highest BCUT2D eigenvalue weighted by atomic mass is 16.6. The Balaban J connectivity index is 1.64. The zero-order valence-electron chi connectivity index (χ0n) is 16.0. The molecule has 0 saturated heterocycles. The predicted molar refractivity (Wildman–Crippen MR) is 103 cm³/mol. The van der Waals surface area contributed by atoms with Gasteiger partial charge in [-0.2, -0.15) is 0 Å². The number of furan rings is 1. The third-order valence-corrected chi connectivity index (χ3v) is 3.75. The molecule has 3 rings (SSSR count). The molecular formula is C19H20N6O4. The van der Waals surface area contributed by atoms with Crippen molar-refractivity contribution in [1.29, 1.82) is 0 Å². The van der Waals surface area contributed by atoms with Crippen molar-refractivity contribution in [3.8, 4) is 11.5 Å². The molecule has 0 aromatic carbocycles. The average Bonchev–Trinajstić information content (AvgIpc) is 3.25. The number of carbonyl (C=O) groups is 2. The minimum Gasteiger partial charge on any atom is -0.463 e. The molecule has 0 bridgehead atoms. The molecule has 0 radical (unpaired) electrons. The molecule has 0 unspecified atom stereocenters. The van der Waals surface area contributed by atoms with Crippen LogP contribution >= 0.6 is 0 Å². The third kappa shape index (κ3) is 5.28. The van der Waals surface area contributed by atoms with E-state index in [1.165, 1.54) is 17.2 Å². The molecule has 10 heteroatoms. The first-order valence-electron chi connectivity index (χ1n) is 8.68. The Morgan fingerprint density at radius 2 is 1.93 bits per heavy atom. The second-order valence-corrected chi connectivity index (χ2v) is 6.23. The second-order valence-electron chi connectivity index (χ2n) is 6.23. The van der Waals surface area contributed by atoms with Crippen molar-refractivity contribution in [2.24, 2.45) is 0 Å². The van der Waals surface area contributed by atoms with Crippen LogP contribution in [0.4, 0.5) is 10.7 Å². The number of nitrogens with zero attached hydrogens (tertiary/aromatic N) is 4. The fraction of sp³-hybridized carbons (Fsp3) is 0.211. The molecule has 0 saturated carbocycles. The number of hydrogen-bond acceptors (Lipinski definition) is 8. The summed E-state index contributed by atoms with van der Waals surface area (Å²) in [6, 6.07) is 10.2. The van der Waals surface area contributed by atoms with Gasteiger partial charge in [-0.25, -0.2) is 14.8 Å². The first-order chi connectivity index (χ1) is 13.9. The number of nitrogen functional groups attached to an aromatic ring is 1. The summed E-state index contributed by atoms with van der Waals surface area (Å²) in [5.74, 6) is 0.0137. The van der Waals surface area contributed by atoms with Gasteiger partial charge in [0.25, 0.3) is 5.91 Å². The maximum atomic E-state index is 12.5. The highest BCUT2D eigenvalue weighted by Gasteiger charge is 2.13. The maximum Gasteiger partial charge on any atom is 0.409 e. The topological polar surface area (TPSA) is 136 Å². The largest absolute Gasteiger partial charge is 0.463 e. The summed E-state index contributed by atoms with van der Waals surface area (Å²) in [5.41, 5.74) is 7.40. The van der Waals surface area contributed by atoms with Crippen molar-refractivity contribution in [3.05, 3.63) is 59.7 Å². The molecule has 150 valence electrons. The normalized spacial score (nSPS) is 10.4. The molecule has 0 fully saturated rings. The lowest BCUT2D eigenvalue weighted by Gasteiger charge is -2.11. The van der Waals surface area contributed by atoms with E-state index >= 15 is 0 Å². The number of aromatic nitrogens is 3. The van der Waals surface area contributed by atoms with Gasteiger partial charge < -0.3 is 25.1 Å². The molecule has 3 heterocycles. The summed E-state index contributed by atoms with van der Waals surface area (Å²) in [4.78, 5) is 37.7. The average molecular weight is 396 g/mol. The van der Waals surface area contributed by atoms with Crippen molar-refractivity contribution in [2.45, 2.75) is 13.2 Å². The van der Waals surface area contributed by atoms with Gasteiger partial charge in [-0.1, -0.05) is 6.07 Å². The van der Waals surface area contributed by atoms with Gasteiger partial charge in [0.1, 0.15) is 18.0 Å². The summed E-state index contributed by atoms with van der Waals surface area (Å²) in [6.07, 6.45) is 1.04. The number of hydrogen-bond donors (Lipinski definition) is 2. The Hall–Kier alpha value is -3.95. The SMILES string of the molecule is CN(C)C(=O)OCc1cccc(CNC(=O)c2cc(-c3ccco3)nc(N)n2)n1. The predicted octanol–water partition coefficient (Wildman–Crippen LogP) is 1.84. The second kappa shape index (κ2) is 8.83. The van der Waals surface area contributed by atoms with E-state index < -0.39 is 12.0 Å². The molecular weight excluding hydrogens is 376 g/mol. The van der Waals surface area contributed by atoms with Crippen LogP contribution in [0, 0.1) is 0 Å². The molecule has 10 nitrogen and oxygen atoms in total. The van der Waals surface area contributed by atoms with Gasteiger partial charge in [0.2, 0.25) is 5.95 Å². The lowest BCUT2D eigenvalue weighted by atomic mass is 10.2. The van der Waals surface area contributed by atoms with E-state index in [1.54, 1.807) is 44.4 Å². The molecule has 3 N–H and O–H groups in total. The van der Waals surface area contributed by atoms with Gasteiger partial charge in [0, 0.05) is 14.1 Å². The standard InChI is InChI=1S/C19H20N6O4/c1-25(2)19(27)29-11-13-6-3-5-12(22-13)10-21-17(26)15-9-14(23-18(20)24-15)16-7-4-8-28-16/h3-9H,10-11H2,1-2H3,(H,21,26)(H2,20,23,24). The highest BCUT2D eigenvalue weighted by molar-refractivity contribution is 5.93. The van der Waals surface area contributed by atoms with Gasteiger partial charge in [0.15, 0.2) is 5.76 Å². The third-order valence-electron chi connectivity index (χ3n) is 3.75. The van der Waals surface area contributed by atoms with Crippen LogP contribution in [-0.2, 0) is 17.9 Å². The zero-order valence-corrected chi connectivity index (χ0v) is 16.0. The van der Waals surface area contributed by atoms with Gasteiger partial charge in [-0.3, -0.25) is 9.78 Å². The van der Waals surface area contributed by atoms with Crippen LogP contribution in [0.15, 0.2) is 47.1 Å². The highest BCUT2D eigenvalue weighted by Crippen LogP contribution is 2.19. The van der Waals surface area contributed by atoms with Crippen LogP contribution in [-0.4, -0.2) is 45.9 Å². The van der Waals surface area contributed by atoms with E-state index in [9.17, 15) is 9.59 Å². The molecule has 2 amide bonds. The Morgan fingerprint density at radius 1 is 1.14 bits per heavy atom. The fourth-order valence-corrected chi connectivity index (χ4v) is 2.37. The molecule has 0 aliphatic carbocycles. The maximum absolute atomic E-state index is 12.5. The number of ether oxygens (including phenoxy) is 1. The lowest BCUT2D eigenvalue weighted by molar-refractivity contribution is 0.0945. The van der Waals surface area contributed by atoms with Crippen molar-refractivity contribution < 1.29 is 18.7 Å². The van der Waals surface area contributed by atoms with E-state index in [-0.39, 0.29) is 24.8 Å². The lowest BCUT2D eigenvalue weighted by Crippen LogP contribution is -2.25. The molecule has 3 aromatic rings. The van der Waals surface area contributed by atoms with E-state index in [4.69, 9.17) is 14.9 Å². The van der Waals surface area contributed by atoms with Crippen LogP contribution in [0.3, 0.4) is 0 Å². The summed E-state index contributed by atoms with van der Waals surface area (Å²) in [7, 11) is 3.19. The Morgan fingerprint density at radius 3 is 2.66 bits per heavy atom. The minimum atomic E-state index is -0.459. The van der Waals surface area contributed by atoms with E-state index in [2.05, 4.69) is 20.3 Å². The van der Waals surface area contributed by atoms with Crippen molar-refractivity contribution in [1.82, 2.24) is 25.2 Å². The molecule has 0 aliphatic rings. The number of carbonyl (C=O) groups excluding carboxylic acids is 2. The van der Waals surface area contributed by atoms with Crippen LogP contribution in [0.1, 0.15) is 21.9 Å². The van der Waals surface area contributed by atoms with Crippen LogP contribution in [0.2, 0.25) is 0 Å². The van der Waals surface area contributed by atoms with Gasteiger partial charge in [-0.15, -0.1) is 0 Å². The van der Waals surface area contributed by atoms with Crippen LogP contribution in [0.25, 0.3) is 11.5 Å². The first-order valence-corrected chi connectivity index (χ1v) is 8.68. The number of pyridine rings is 1. The quantitative estimate of drug-likeness (QED) is 0.644. The molecule has 0 atom stereocenters. The van der Waals surface area contributed by atoms with E-state index in [1.807, 2.05) is 0 Å². The van der Waals surface area contributed by atoms with Crippen molar-refractivity contribution in [2.75, 3.05) is 19.8 Å². The van der Waals surface area contributed by atoms with E-state index in [0.717, 1.165) is 0 Å². The van der Waals surface area contributed by atoms with Gasteiger partial charge >= 0.3 is 6.09 Å². The Bertz CT molecular complexity index is 1000. The Kier molecular flexibility index (Phi) is 6.03. The van der Waals surface area contributed by atoms with Crippen molar-refractivity contribution in [3.63, 3.8) is 0 Å². The molecule has 0 aliphatic heterocycles. The number of anilines is 1. The van der Waals surface area contributed by atoms with Gasteiger partial charge in [-0.05, 0) is 30.3 Å². The number of nitrogens with one attached hydrogen (secondary N) is 1. The number of amides is 2. The fourth-order valence-electron chi connectivity index (χ4n) is 2.37. The summed E-state index contributed by atoms with van der Waals surface area (Å²) < 4.78 is 10.4. The number of nitrogens with two attached hydrogens (primary N) is 1. The Labute approximate surface area is 166 Å². The monoisotopic (exact) mass is 396 g/mol. The van der Waals surface area contributed by atoms with E-state index in [0.29, 0.717) is 22.8 Å². The summed E-state index contributed by atoms with van der Waals surface area (Å²) in [5, 5.41) is 2.73. The minimum absolute atomic E-state index is 0.0353. The molecule has 0 spiro atoms. The smallest absolute Gasteiger partial charge is 0.409 e. The molecule has 29 heavy (non-hydrogen) atoms.